The highest BCUT2D eigenvalue weighted by atomic mass is 19.1. The number of nitrogens with one attached hydrogen (secondary N) is 1. The predicted octanol–water partition coefficient (Wildman–Crippen LogP) is 2.91. The SMILES string of the molecule is CCc1ncnc(NCC2(O)CCN(C(=O)C3CCCCCC3)CC2)c1F. The van der Waals surface area contributed by atoms with E-state index in [0.29, 0.717) is 38.0 Å². The van der Waals surface area contributed by atoms with E-state index in [1.165, 1.54) is 19.2 Å². The summed E-state index contributed by atoms with van der Waals surface area (Å²) in [6, 6.07) is 0. The highest BCUT2D eigenvalue weighted by molar-refractivity contribution is 5.79. The summed E-state index contributed by atoms with van der Waals surface area (Å²) in [5, 5.41) is 13.8. The molecule has 2 N–H and O–H groups in total. The third-order valence-electron chi connectivity index (χ3n) is 5.99. The first kappa shape index (κ1) is 20.0. The first-order valence-electron chi connectivity index (χ1n) is 10.3. The van der Waals surface area contributed by atoms with Crippen LogP contribution in [0.2, 0.25) is 0 Å². The fourth-order valence-electron chi connectivity index (χ4n) is 4.13. The van der Waals surface area contributed by atoms with Crippen molar-refractivity contribution in [3.8, 4) is 0 Å². The number of halogens is 1. The second-order valence-corrected chi connectivity index (χ2v) is 7.93. The zero-order chi connectivity index (χ0) is 19.3. The molecule has 1 saturated carbocycles. The van der Waals surface area contributed by atoms with E-state index in [-0.39, 0.29) is 24.2 Å². The topological polar surface area (TPSA) is 78.4 Å². The molecule has 0 radical (unpaired) electrons. The molecule has 1 aromatic heterocycles. The summed E-state index contributed by atoms with van der Waals surface area (Å²) < 4.78 is 14.2. The van der Waals surface area contributed by atoms with Crippen LogP contribution in [0.4, 0.5) is 10.2 Å². The lowest BCUT2D eigenvalue weighted by Crippen LogP contribution is -2.51. The normalized spacial score (nSPS) is 20.9. The van der Waals surface area contributed by atoms with Crippen LogP contribution in [0.5, 0.6) is 0 Å². The van der Waals surface area contributed by atoms with Crippen molar-refractivity contribution in [2.45, 2.75) is 70.3 Å². The molecule has 3 rings (SSSR count). The largest absolute Gasteiger partial charge is 0.388 e. The first-order chi connectivity index (χ1) is 13.0. The van der Waals surface area contributed by atoms with Crippen molar-refractivity contribution in [2.24, 2.45) is 5.92 Å². The first-order valence-corrected chi connectivity index (χ1v) is 10.3. The molecule has 1 aliphatic carbocycles. The van der Waals surface area contributed by atoms with Crippen LogP contribution in [0.1, 0.15) is 64.0 Å². The maximum atomic E-state index is 14.2. The minimum Gasteiger partial charge on any atom is -0.388 e. The number of anilines is 1. The van der Waals surface area contributed by atoms with Crippen LogP contribution in [0.15, 0.2) is 6.33 Å². The third-order valence-corrected chi connectivity index (χ3v) is 5.99. The van der Waals surface area contributed by atoms with Gasteiger partial charge in [-0.05, 0) is 32.1 Å². The Balaban J connectivity index is 1.52. The number of hydrogen-bond donors (Lipinski definition) is 2. The minimum atomic E-state index is -0.954. The number of rotatable bonds is 5. The second kappa shape index (κ2) is 8.95. The Morgan fingerprint density at radius 3 is 2.56 bits per heavy atom. The number of aromatic nitrogens is 2. The maximum Gasteiger partial charge on any atom is 0.225 e. The van der Waals surface area contributed by atoms with E-state index in [2.05, 4.69) is 15.3 Å². The van der Waals surface area contributed by atoms with Crippen molar-refractivity contribution in [1.82, 2.24) is 14.9 Å². The van der Waals surface area contributed by atoms with Crippen LogP contribution in [-0.2, 0) is 11.2 Å². The maximum absolute atomic E-state index is 14.2. The molecule has 150 valence electrons. The fourth-order valence-corrected chi connectivity index (χ4v) is 4.13. The van der Waals surface area contributed by atoms with Crippen LogP contribution in [0, 0.1) is 11.7 Å². The van der Waals surface area contributed by atoms with E-state index < -0.39 is 11.4 Å². The quantitative estimate of drug-likeness (QED) is 0.771. The Hall–Kier alpha value is -1.76. The van der Waals surface area contributed by atoms with E-state index in [1.54, 1.807) is 0 Å². The second-order valence-electron chi connectivity index (χ2n) is 7.93. The number of piperidine rings is 1. The van der Waals surface area contributed by atoms with Crippen molar-refractivity contribution in [2.75, 3.05) is 25.0 Å². The average Bonchev–Trinajstić information content (AvgIpc) is 2.97. The van der Waals surface area contributed by atoms with E-state index in [1.807, 2.05) is 11.8 Å². The molecule has 1 amide bonds. The highest BCUT2D eigenvalue weighted by Gasteiger charge is 2.36. The van der Waals surface area contributed by atoms with Crippen molar-refractivity contribution in [3.63, 3.8) is 0 Å². The average molecular weight is 378 g/mol. The molecule has 2 heterocycles. The molecule has 6 nitrogen and oxygen atoms in total. The molecule has 0 spiro atoms. The number of hydrogen-bond acceptors (Lipinski definition) is 5. The molecule has 1 aromatic rings. The van der Waals surface area contributed by atoms with Gasteiger partial charge in [-0.15, -0.1) is 0 Å². The Morgan fingerprint density at radius 1 is 1.26 bits per heavy atom. The van der Waals surface area contributed by atoms with E-state index in [0.717, 1.165) is 25.7 Å². The van der Waals surface area contributed by atoms with Gasteiger partial charge in [-0.3, -0.25) is 4.79 Å². The van der Waals surface area contributed by atoms with Gasteiger partial charge in [-0.1, -0.05) is 32.6 Å². The van der Waals surface area contributed by atoms with Crippen LogP contribution < -0.4 is 5.32 Å². The molecule has 0 aromatic carbocycles. The molecule has 0 unspecified atom stereocenters. The number of amides is 1. The lowest BCUT2D eigenvalue weighted by molar-refractivity contribution is -0.139. The zero-order valence-electron chi connectivity index (χ0n) is 16.2. The van der Waals surface area contributed by atoms with Gasteiger partial charge in [-0.2, -0.15) is 0 Å². The van der Waals surface area contributed by atoms with Crippen LogP contribution in [0.3, 0.4) is 0 Å². The molecule has 1 saturated heterocycles. The van der Waals surface area contributed by atoms with Crippen molar-refractivity contribution >= 4 is 11.7 Å². The van der Waals surface area contributed by atoms with Gasteiger partial charge in [-0.25, -0.2) is 14.4 Å². The molecular weight excluding hydrogens is 347 g/mol. The Morgan fingerprint density at radius 2 is 1.93 bits per heavy atom. The van der Waals surface area contributed by atoms with Crippen molar-refractivity contribution in [3.05, 3.63) is 17.8 Å². The van der Waals surface area contributed by atoms with Gasteiger partial charge in [0.2, 0.25) is 5.91 Å². The molecule has 0 atom stereocenters. The molecule has 2 fully saturated rings. The molecular formula is C20H31FN4O2. The van der Waals surface area contributed by atoms with Gasteiger partial charge in [0.1, 0.15) is 6.33 Å². The molecule has 7 heteroatoms. The Labute approximate surface area is 160 Å². The number of carbonyl (C=O) groups is 1. The summed E-state index contributed by atoms with van der Waals surface area (Å²) in [6.07, 6.45) is 9.54. The molecule has 2 aliphatic rings. The molecule has 1 aliphatic heterocycles. The van der Waals surface area contributed by atoms with Gasteiger partial charge >= 0.3 is 0 Å². The summed E-state index contributed by atoms with van der Waals surface area (Å²) in [4.78, 5) is 22.5. The van der Waals surface area contributed by atoms with Crippen molar-refractivity contribution in [1.29, 1.82) is 0 Å². The standard InChI is InChI=1S/C20H31FN4O2/c1-2-16-17(21)18(24-14-23-16)22-13-20(27)9-11-25(12-10-20)19(26)15-7-5-3-4-6-8-15/h14-15,27H,2-13H2,1H3,(H,22,23,24). The number of aliphatic hydroxyl groups is 1. The number of nitrogens with zero attached hydrogens (tertiary/aromatic N) is 3. The molecule has 0 bridgehead atoms. The smallest absolute Gasteiger partial charge is 0.225 e. The Kier molecular flexibility index (Phi) is 6.63. The van der Waals surface area contributed by atoms with E-state index >= 15 is 0 Å². The van der Waals surface area contributed by atoms with E-state index in [9.17, 15) is 14.3 Å². The highest BCUT2D eigenvalue weighted by Crippen LogP contribution is 2.28. The van der Waals surface area contributed by atoms with Crippen LogP contribution in [-0.4, -0.2) is 51.1 Å². The van der Waals surface area contributed by atoms with Gasteiger partial charge in [0, 0.05) is 25.6 Å². The lowest BCUT2D eigenvalue weighted by atomic mass is 9.89. The summed E-state index contributed by atoms with van der Waals surface area (Å²) in [5.41, 5.74) is -0.590. The van der Waals surface area contributed by atoms with Gasteiger partial charge in [0.05, 0.1) is 11.3 Å². The van der Waals surface area contributed by atoms with Crippen LogP contribution in [0.25, 0.3) is 0 Å². The summed E-state index contributed by atoms with van der Waals surface area (Å²) >= 11 is 0. The Bertz CT molecular complexity index is 639. The van der Waals surface area contributed by atoms with Gasteiger partial charge < -0.3 is 15.3 Å². The van der Waals surface area contributed by atoms with Crippen molar-refractivity contribution < 1.29 is 14.3 Å². The summed E-state index contributed by atoms with van der Waals surface area (Å²) in [7, 11) is 0. The predicted molar refractivity (Wildman–Crippen MR) is 102 cm³/mol. The lowest BCUT2D eigenvalue weighted by Gasteiger charge is -2.39. The number of likely N-dealkylation sites (tertiary alicyclic amines) is 1. The monoisotopic (exact) mass is 378 g/mol. The summed E-state index contributed by atoms with van der Waals surface area (Å²) in [6.45, 7) is 3.17. The summed E-state index contributed by atoms with van der Waals surface area (Å²) in [5.74, 6) is 0.0811. The number of carbonyl (C=O) groups excluding carboxylic acids is 1. The zero-order valence-corrected chi connectivity index (χ0v) is 16.2. The third kappa shape index (κ3) is 4.94. The minimum absolute atomic E-state index is 0.132. The fraction of sp³-hybridized carbons (Fsp3) is 0.750. The number of aryl methyl sites for hydroxylation is 1. The van der Waals surface area contributed by atoms with Gasteiger partial charge in [0.25, 0.3) is 0 Å². The molecule has 27 heavy (non-hydrogen) atoms. The van der Waals surface area contributed by atoms with E-state index in [4.69, 9.17) is 0 Å². The van der Waals surface area contributed by atoms with Gasteiger partial charge in [0.15, 0.2) is 11.6 Å². The van der Waals surface area contributed by atoms with Crippen LogP contribution >= 0.6 is 0 Å².